The molecule has 0 aliphatic carbocycles. The lowest BCUT2D eigenvalue weighted by Crippen LogP contribution is -2.32. The van der Waals surface area contributed by atoms with Gasteiger partial charge in [-0.2, -0.15) is 0 Å². The van der Waals surface area contributed by atoms with Crippen LogP contribution in [0.15, 0.2) is 86.7 Å². The number of fused-ring (bicyclic) bond motifs is 2. The minimum Gasteiger partial charge on any atom is -0.460 e. The average molecular weight is 534 g/mol. The molecule has 0 radical (unpaired) electrons. The number of benzene rings is 3. The normalized spacial score (nSPS) is 12.7. The van der Waals surface area contributed by atoms with Crippen molar-refractivity contribution in [2.24, 2.45) is 0 Å². The Hall–Kier alpha value is -4.24. The van der Waals surface area contributed by atoms with Gasteiger partial charge >= 0.3 is 5.97 Å². The summed E-state index contributed by atoms with van der Waals surface area (Å²) in [6.07, 6.45) is 1.00. The van der Waals surface area contributed by atoms with Crippen molar-refractivity contribution in [3.8, 4) is 17.2 Å². The number of hydrogen-bond donors (Lipinski definition) is 0. The maximum absolute atomic E-state index is 12.8. The molecule has 1 aliphatic rings. The minimum absolute atomic E-state index is 0.00934. The van der Waals surface area contributed by atoms with E-state index >= 15 is 0 Å². The van der Waals surface area contributed by atoms with E-state index in [4.69, 9.17) is 13.9 Å². The maximum Gasteiger partial charge on any atom is 0.313 e. The molecule has 0 unspecified atom stereocenters. The number of halogens is 1. The summed E-state index contributed by atoms with van der Waals surface area (Å²) in [5.74, 6) is -0.889. The molecule has 0 bridgehead atoms. The molecule has 0 fully saturated rings. The Morgan fingerprint density at radius 3 is 2.29 bits per heavy atom. The minimum atomic E-state index is -0.642. The van der Waals surface area contributed by atoms with Crippen LogP contribution >= 0.6 is 15.9 Å². The smallest absolute Gasteiger partial charge is 0.313 e. The highest BCUT2D eigenvalue weighted by atomic mass is 79.9. The van der Waals surface area contributed by atoms with Gasteiger partial charge in [0.2, 0.25) is 11.2 Å². The highest BCUT2D eigenvalue weighted by molar-refractivity contribution is 9.10. The Kier molecular flexibility index (Phi) is 5.92. The van der Waals surface area contributed by atoms with Crippen LogP contribution in [-0.2, 0) is 4.79 Å². The number of carbonyl (C=O) groups excluding carboxylic acids is 3. The van der Waals surface area contributed by atoms with Crippen molar-refractivity contribution in [3.63, 3.8) is 0 Å². The second kappa shape index (κ2) is 9.19. The summed E-state index contributed by atoms with van der Waals surface area (Å²) < 4.78 is 17.2. The van der Waals surface area contributed by atoms with Gasteiger partial charge in [0, 0.05) is 12.6 Å². The molecule has 5 rings (SSSR count). The average Bonchev–Trinajstić information content (AvgIpc) is 3.10. The number of hydrogen-bond acceptors (Lipinski definition) is 7. The van der Waals surface area contributed by atoms with Crippen LogP contribution in [-0.4, -0.2) is 29.2 Å². The van der Waals surface area contributed by atoms with Gasteiger partial charge in [0.05, 0.1) is 27.4 Å². The first-order chi connectivity index (χ1) is 16.9. The number of esters is 1. The van der Waals surface area contributed by atoms with Gasteiger partial charge in [-0.1, -0.05) is 24.3 Å². The van der Waals surface area contributed by atoms with Gasteiger partial charge in [-0.05, 0) is 52.3 Å². The van der Waals surface area contributed by atoms with Crippen LogP contribution in [0.1, 0.15) is 27.1 Å². The molecule has 0 saturated heterocycles. The largest absolute Gasteiger partial charge is 0.460 e. The predicted molar refractivity (Wildman–Crippen MR) is 129 cm³/mol. The van der Waals surface area contributed by atoms with Crippen LogP contribution in [0.5, 0.6) is 17.2 Å². The molecule has 4 aromatic rings. The zero-order chi connectivity index (χ0) is 24.5. The van der Waals surface area contributed by atoms with Crippen LogP contribution in [0, 0.1) is 0 Å². The summed E-state index contributed by atoms with van der Waals surface area (Å²) >= 11 is 3.36. The number of carbonyl (C=O) groups is 3. The maximum atomic E-state index is 12.8. The van der Waals surface area contributed by atoms with Crippen molar-refractivity contribution < 1.29 is 28.3 Å². The lowest BCUT2D eigenvalue weighted by atomic mass is 10.1. The van der Waals surface area contributed by atoms with Crippen molar-refractivity contribution in [2.75, 3.05) is 6.54 Å². The Morgan fingerprint density at radius 1 is 0.886 bits per heavy atom. The number of ether oxygens (including phenoxy) is 2. The first-order valence-electron chi connectivity index (χ1n) is 10.6. The van der Waals surface area contributed by atoms with Gasteiger partial charge in [-0.15, -0.1) is 0 Å². The fourth-order valence-corrected chi connectivity index (χ4v) is 4.06. The van der Waals surface area contributed by atoms with E-state index < -0.39 is 17.8 Å². The molecule has 174 valence electrons. The monoisotopic (exact) mass is 533 g/mol. The lowest BCUT2D eigenvalue weighted by molar-refractivity contribution is -0.134. The number of rotatable bonds is 6. The molecule has 35 heavy (non-hydrogen) atoms. The van der Waals surface area contributed by atoms with E-state index in [2.05, 4.69) is 15.9 Å². The molecule has 2 amide bonds. The molecule has 1 aromatic heterocycles. The van der Waals surface area contributed by atoms with Gasteiger partial charge in [0.15, 0.2) is 0 Å². The number of imide groups is 1. The number of nitrogens with zero attached hydrogens (tertiary/aromatic N) is 1. The molecule has 0 N–H and O–H groups in total. The first-order valence-corrected chi connectivity index (χ1v) is 11.4. The van der Waals surface area contributed by atoms with E-state index in [1.165, 1.54) is 24.5 Å². The second-order valence-electron chi connectivity index (χ2n) is 7.65. The van der Waals surface area contributed by atoms with E-state index in [-0.39, 0.29) is 40.9 Å². The number of para-hydroxylation sites is 1. The summed E-state index contributed by atoms with van der Waals surface area (Å²) in [6, 6.07) is 17.9. The predicted octanol–water partition coefficient (Wildman–Crippen LogP) is 4.94. The third kappa shape index (κ3) is 4.33. The van der Waals surface area contributed by atoms with E-state index in [1.807, 2.05) is 6.07 Å². The number of amides is 2. The van der Waals surface area contributed by atoms with E-state index in [1.54, 1.807) is 42.5 Å². The SMILES string of the molecule is O=C(CCN1C(=O)c2ccccc2C1=O)Oc1ccc2c(=O)c(Oc3ccccc3Br)coc2c1. The van der Waals surface area contributed by atoms with Gasteiger partial charge in [-0.25, -0.2) is 0 Å². The fourth-order valence-electron chi connectivity index (χ4n) is 3.70. The Balaban J connectivity index is 1.26. The summed E-state index contributed by atoms with van der Waals surface area (Å²) in [5.41, 5.74) is 0.461. The van der Waals surface area contributed by atoms with Gasteiger partial charge in [0.1, 0.15) is 23.3 Å². The second-order valence-corrected chi connectivity index (χ2v) is 8.51. The first kappa shape index (κ1) is 22.5. The summed E-state index contributed by atoms with van der Waals surface area (Å²) in [6.45, 7) is -0.108. The summed E-state index contributed by atoms with van der Waals surface area (Å²) in [4.78, 5) is 51.0. The van der Waals surface area contributed by atoms with Gasteiger partial charge < -0.3 is 13.9 Å². The van der Waals surface area contributed by atoms with Crippen LogP contribution in [0.4, 0.5) is 0 Å². The highest BCUT2D eigenvalue weighted by Gasteiger charge is 2.35. The van der Waals surface area contributed by atoms with Crippen molar-refractivity contribution in [3.05, 3.63) is 98.8 Å². The standard InChI is InChI=1S/C26H16BrNO7/c27-19-7-3-4-8-20(19)35-22-14-33-21-13-15(9-10-18(21)24(22)30)34-23(29)11-12-28-25(31)16-5-1-2-6-17(16)26(28)32/h1-10,13-14H,11-12H2. The third-order valence-corrected chi connectivity index (χ3v) is 6.08. The molecule has 0 saturated carbocycles. The van der Waals surface area contributed by atoms with Crippen molar-refractivity contribution >= 4 is 44.7 Å². The molecule has 9 heteroatoms. The Labute approximate surface area is 206 Å². The molecule has 8 nitrogen and oxygen atoms in total. The molecule has 2 heterocycles. The Bertz CT molecular complexity index is 1520. The lowest BCUT2D eigenvalue weighted by Gasteiger charge is -2.13. The third-order valence-electron chi connectivity index (χ3n) is 5.42. The Morgan fingerprint density at radius 2 is 1.57 bits per heavy atom. The van der Waals surface area contributed by atoms with Crippen molar-refractivity contribution in [1.29, 1.82) is 0 Å². The fraction of sp³-hybridized carbons (Fsp3) is 0.0769. The van der Waals surface area contributed by atoms with Crippen LogP contribution in [0.3, 0.4) is 0 Å². The van der Waals surface area contributed by atoms with Crippen molar-refractivity contribution in [1.82, 2.24) is 4.90 Å². The van der Waals surface area contributed by atoms with E-state index in [0.29, 0.717) is 21.3 Å². The van der Waals surface area contributed by atoms with Crippen LogP contribution in [0.2, 0.25) is 0 Å². The zero-order valence-electron chi connectivity index (χ0n) is 18.0. The highest BCUT2D eigenvalue weighted by Crippen LogP contribution is 2.29. The summed E-state index contributed by atoms with van der Waals surface area (Å²) in [5, 5.41) is 0.250. The van der Waals surface area contributed by atoms with Crippen molar-refractivity contribution in [2.45, 2.75) is 6.42 Å². The topological polar surface area (TPSA) is 103 Å². The molecule has 0 spiro atoms. The van der Waals surface area contributed by atoms with Gasteiger partial charge in [0.25, 0.3) is 11.8 Å². The van der Waals surface area contributed by atoms with Crippen LogP contribution in [0.25, 0.3) is 11.0 Å². The molecule has 0 atom stereocenters. The van der Waals surface area contributed by atoms with E-state index in [0.717, 1.165) is 4.90 Å². The van der Waals surface area contributed by atoms with Crippen LogP contribution < -0.4 is 14.9 Å². The zero-order valence-corrected chi connectivity index (χ0v) is 19.6. The molecule has 1 aliphatic heterocycles. The molecular formula is C26H16BrNO7. The quantitative estimate of drug-likeness (QED) is 0.196. The molecule has 3 aromatic carbocycles. The van der Waals surface area contributed by atoms with E-state index in [9.17, 15) is 19.2 Å². The van der Waals surface area contributed by atoms with Gasteiger partial charge in [-0.3, -0.25) is 24.1 Å². The summed E-state index contributed by atoms with van der Waals surface area (Å²) in [7, 11) is 0. The molecular weight excluding hydrogens is 518 g/mol.